The van der Waals surface area contributed by atoms with Crippen LogP contribution in [0.4, 0.5) is 14.5 Å². The smallest absolute Gasteiger partial charge is 0.387 e. The Morgan fingerprint density at radius 3 is 2.19 bits per heavy atom. The first-order chi connectivity index (χ1) is 12.4. The van der Waals surface area contributed by atoms with Gasteiger partial charge >= 0.3 is 6.61 Å². The minimum atomic E-state index is -2.89. The van der Waals surface area contributed by atoms with Crippen LogP contribution in [0.1, 0.15) is 18.9 Å². The van der Waals surface area contributed by atoms with E-state index in [0.29, 0.717) is 24.3 Å². The highest BCUT2D eigenvalue weighted by atomic mass is 19.3. The molecule has 1 N–H and O–H groups in total. The first kappa shape index (κ1) is 19.4. The van der Waals surface area contributed by atoms with Crippen molar-refractivity contribution in [2.75, 3.05) is 11.9 Å². The van der Waals surface area contributed by atoms with Gasteiger partial charge in [0.2, 0.25) is 0 Å². The van der Waals surface area contributed by atoms with E-state index in [1.165, 1.54) is 24.3 Å². The third-order valence-electron chi connectivity index (χ3n) is 3.42. The van der Waals surface area contributed by atoms with Gasteiger partial charge in [-0.05, 0) is 55.3 Å². The number of ether oxygens (including phenoxy) is 2. The minimum absolute atomic E-state index is 0.0131. The molecule has 26 heavy (non-hydrogen) atoms. The number of carbonyl (C=O) groups excluding carboxylic acids is 2. The third kappa shape index (κ3) is 6.88. The Balaban J connectivity index is 1.78. The largest absolute Gasteiger partial charge is 0.484 e. The van der Waals surface area contributed by atoms with Gasteiger partial charge in [0, 0.05) is 12.1 Å². The van der Waals surface area contributed by atoms with E-state index in [2.05, 4.69) is 10.1 Å². The molecule has 2 aromatic rings. The van der Waals surface area contributed by atoms with Gasteiger partial charge in [-0.25, -0.2) is 0 Å². The Labute approximate surface area is 149 Å². The maximum absolute atomic E-state index is 12.1. The number of alkyl halides is 2. The molecule has 7 heteroatoms. The van der Waals surface area contributed by atoms with Gasteiger partial charge in [0.1, 0.15) is 17.3 Å². The van der Waals surface area contributed by atoms with Crippen molar-refractivity contribution in [2.24, 2.45) is 0 Å². The van der Waals surface area contributed by atoms with E-state index in [4.69, 9.17) is 4.74 Å². The van der Waals surface area contributed by atoms with Gasteiger partial charge in [-0.3, -0.25) is 4.79 Å². The average Bonchev–Trinajstić information content (AvgIpc) is 2.60. The highest BCUT2D eigenvalue weighted by Gasteiger charge is 2.07. The summed E-state index contributed by atoms with van der Waals surface area (Å²) in [4.78, 5) is 22.8. The summed E-state index contributed by atoms with van der Waals surface area (Å²) in [6.45, 7) is -1.53. The Kier molecular flexibility index (Phi) is 7.08. The number of hydrogen-bond acceptors (Lipinski definition) is 4. The number of amides is 1. The molecule has 0 unspecified atom stereocenters. The zero-order valence-electron chi connectivity index (χ0n) is 14.2. The predicted molar refractivity (Wildman–Crippen MR) is 92.6 cm³/mol. The van der Waals surface area contributed by atoms with Crippen LogP contribution < -0.4 is 14.8 Å². The van der Waals surface area contributed by atoms with Gasteiger partial charge in [-0.2, -0.15) is 8.78 Å². The maximum Gasteiger partial charge on any atom is 0.387 e. The molecule has 0 bridgehead atoms. The first-order valence-corrected chi connectivity index (χ1v) is 7.98. The lowest BCUT2D eigenvalue weighted by atomic mass is 10.1. The fourth-order valence-electron chi connectivity index (χ4n) is 2.14. The molecular weight excluding hydrogens is 344 g/mol. The Morgan fingerprint density at radius 2 is 1.62 bits per heavy atom. The SMILES string of the molecule is CC(=O)CCc1ccc(OCC(=O)Nc2ccc(OC(F)F)cc2)cc1. The molecule has 1 amide bonds. The van der Waals surface area contributed by atoms with Gasteiger partial charge in [0.05, 0.1) is 0 Å². The van der Waals surface area contributed by atoms with Crippen LogP contribution in [0.2, 0.25) is 0 Å². The van der Waals surface area contributed by atoms with E-state index >= 15 is 0 Å². The number of nitrogens with one attached hydrogen (secondary N) is 1. The van der Waals surface area contributed by atoms with Crippen molar-refractivity contribution in [1.82, 2.24) is 0 Å². The minimum Gasteiger partial charge on any atom is -0.484 e. The summed E-state index contributed by atoms with van der Waals surface area (Å²) in [7, 11) is 0. The molecule has 5 nitrogen and oxygen atoms in total. The Morgan fingerprint density at radius 1 is 1.00 bits per heavy atom. The first-order valence-electron chi connectivity index (χ1n) is 7.98. The number of hydrogen-bond donors (Lipinski definition) is 1. The van der Waals surface area contributed by atoms with E-state index in [1.54, 1.807) is 19.1 Å². The summed E-state index contributed by atoms with van der Waals surface area (Å²) in [5.74, 6) is 0.301. The van der Waals surface area contributed by atoms with Crippen LogP contribution in [0.3, 0.4) is 0 Å². The molecule has 0 atom stereocenters. The van der Waals surface area contributed by atoms with Crippen LogP contribution >= 0.6 is 0 Å². The fourth-order valence-corrected chi connectivity index (χ4v) is 2.14. The monoisotopic (exact) mass is 363 g/mol. The lowest BCUT2D eigenvalue weighted by Crippen LogP contribution is -2.20. The lowest BCUT2D eigenvalue weighted by Gasteiger charge is -2.09. The number of rotatable bonds is 9. The van der Waals surface area contributed by atoms with E-state index in [-0.39, 0.29) is 24.0 Å². The number of carbonyl (C=O) groups is 2. The second kappa shape index (κ2) is 9.50. The zero-order valence-corrected chi connectivity index (χ0v) is 14.2. The maximum atomic E-state index is 12.1. The summed E-state index contributed by atoms with van der Waals surface area (Å²) in [6, 6.07) is 12.7. The molecule has 0 saturated heterocycles. The van der Waals surface area contributed by atoms with Crippen molar-refractivity contribution in [3.8, 4) is 11.5 Å². The predicted octanol–water partition coefficient (Wildman–Crippen LogP) is 3.83. The van der Waals surface area contributed by atoms with Gasteiger partial charge in [0.25, 0.3) is 5.91 Å². The average molecular weight is 363 g/mol. The molecule has 0 aliphatic carbocycles. The van der Waals surface area contributed by atoms with Crippen LogP contribution in [-0.4, -0.2) is 24.9 Å². The van der Waals surface area contributed by atoms with Crippen molar-refractivity contribution in [2.45, 2.75) is 26.4 Å². The molecule has 0 fully saturated rings. The van der Waals surface area contributed by atoms with E-state index in [1.807, 2.05) is 12.1 Å². The van der Waals surface area contributed by atoms with Crippen LogP contribution in [-0.2, 0) is 16.0 Å². The standard InChI is InChI=1S/C19H19F2NO4/c1-13(23)2-3-14-4-8-16(9-5-14)25-12-18(24)22-15-6-10-17(11-7-15)26-19(20)21/h4-11,19H,2-3,12H2,1H3,(H,22,24). The number of Topliss-reactive ketones (excluding diaryl/α,β-unsaturated/α-hetero) is 1. The summed E-state index contributed by atoms with van der Waals surface area (Å²) in [5, 5.41) is 2.59. The number of ketones is 1. The van der Waals surface area contributed by atoms with E-state index < -0.39 is 6.61 Å². The second-order valence-electron chi connectivity index (χ2n) is 5.59. The van der Waals surface area contributed by atoms with Crippen LogP contribution in [0.15, 0.2) is 48.5 Å². The Hall–Kier alpha value is -2.96. The van der Waals surface area contributed by atoms with Crippen molar-refractivity contribution >= 4 is 17.4 Å². The molecular formula is C19H19F2NO4. The third-order valence-corrected chi connectivity index (χ3v) is 3.42. The number of benzene rings is 2. The van der Waals surface area contributed by atoms with Crippen molar-refractivity contribution in [1.29, 1.82) is 0 Å². The van der Waals surface area contributed by atoms with Gasteiger partial charge in [-0.1, -0.05) is 12.1 Å². The topological polar surface area (TPSA) is 64.6 Å². The molecule has 0 heterocycles. The van der Waals surface area contributed by atoms with Gasteiger partial charge in [-0.15, -0.1) is 0 Å². The highest BCUT2D eigenvalue weighted by molar-refractivity contribution is 5.91. The molecule has 0 spiro atoms. The number of halogens is 2. The zero-order chi connectivity index (χ0) is 18.9. The van der Waals surface area contributed by atoms with Gasteiger partial charge in [0.15, 0.2) is 6.61 Å². The normalized spacial score (nSPS) is 10.5. The number of aryl methyl sites for hydroxylation is 1. The summed E-state index contributed by atoms with van der Waals surface area (Å²) < 4.78 is 33.8. The summed E-state index contributed by atoms with van der Waals surface area (Å²) >= 11 is 0. The molecule has 0 aromatic heterocycles. The van der Waals surface area contributed by atoms with Crippen molar-refractivity contribution in [3.63, 3.8) is 0 Å². The lowest BCUT2D eigenvalue weighted by molar-refractivity contribution is -0.118. The van der Waals surface area contributed by atoms with Crippen LogP contribution in [0.25, 0.3) is 0 Å². The highest BCUT2D eigenvalue weighted by Crippen LogP contribution is 2.18. The van der Waals surface area contributed by atoms with Crippen LogP contribution in [0.5, 0.6) is 11.5 Å². The fraction of sp³-hybridized carbons (Fsp3) is 0.263. The van der Waals surface area contributed by atoms with Crippen molar-refractivity contribution < 1.29 is 27.8 Å². The van der Waals surface area contributed by atoms with Gasteiger partial charge < -0.3 is 19.6 Å². The molecule has 2 rings (SSSR count). The molecule has 0 radical (unpaired) electrons. The number of anilines is 1. The second-order valence-corrected chi connectivity index (χ2v) is 5.59. The van der Waals surface area contributed by atoms with Crippen molar-refractivity contribution in [3.05, 3.63) is 54.1 Å². The van der Waals surface area contributed by atoms with E-state index in [9.17, 15) is 18.4 Å². The van der Waals surface area contributed by atoms with E-state index in [0.717, 1.165) is 5.56 Å². The Bertz CT molecular complexity index is 730. The molecule has 0 saturated carbocycles. The molecule has 0 aliphatic heterocycles. The molecule has 2 aromatic carbocycles. The summed E-state index contributed by atoms with van der Waals surface area (Å²) in [5.41, 5.74) is 1.46. The quantitative estimate of drug-likeness (QED) is 0.735. The molecule has 0 aliphatic rings. The van der Waals surface area contributed by atoms with Crippen LogP contribution in [0, 0.1) is 0 Å². The summed E-state index contributed by atoms with van der Waals surface area (Å²) in [6.07, 6.45) is 1.16. The molecule has 138 valence electrons.